The van der Waals surface area contributed by atoms with Gasteiger partial charge >= 0.3 is 5.97 Å². The zero-order chi connectivity index (χ0) is 16.1. The lowest BCUT2D eigenvalue weighted by Crippen LogP contribution is -2.41. The Morgan fingerprint density at radius 2 is 1.67 bits per heavy atom. The van der Waals surface area contributed by atoms with Crippen LogP contribution >= 0.6 is 0 Å². The van der Waals surface area contributed by atoms with E-state index in [1.165, 1.54) is 0 Å². The van der Waals surface area contributed by atoms with Gasteiger partial charge in [-0.05, 0) is 18.3 Å². The van der Waals surface area contributed by atoms with Crippen LogP contribution in [-0.4, -0.2) is 52.2 Å². The number of sulfone groups is 1. The van der Waals surface area contributed by atoms with Gasteiger partial charge in [-0.1, -0.05) is 19.3 Å². The molecule has 0 unspecified atom stereocenters. The van der Waals surface area contributed by atoms with Gasteiger partial charge in [0.25, 0.3) is 0 Å². The van der Waals surface area contributed by atoms with Crippen LogP contribution in [0.5, 0.6) is 0 Å². The van der Waals surface area contributed by atoms with Crippen molar-refractivity contribution in [1.82, 2.24) is 4.72 Å². The average molecular weight is 341 g/mol. The predicted octanol–water partition coefficient (Wildman–Crippen LogP) is 0.376. The van der Waals surface area contributed by atoms with Crippen LogP contribution in [0.3, 0.4) is 0 Å². The van der Waals surface area contributed by atoms with Crippen LogP contribution < -0.4 is 4.72 Å². The summed E-state index contributed by atoms with van der Waals surface area (Å²) >= 11 is 0. The molecule has 0 bridgehead atoms. The number of rotatable bonds is 8. The molecule has 9 heteroatoms. The third-order valence-corrected chi connectivity index (χ3v) is 6.36. The molecule has 21 heavy (non-hydrogen) atoms. The molecule has 1 rings (SSSR count). The van der Waals surface area contributed by atoms with Crippen molar-refractivity contribution < 1.29 is 26.7 Å². The highest BCUT2D eigenvalue weighted by Crippen LogP contribution is 2.38. The zero-order valence-electron chi connectivity index (χ0n) is 12.2. The monoisotopic (exact) mass is 341 g/mol. The summed E-state index contributed by atoms with van der Waals surface area (Å²) in [6, 6.07) is 0. The molecule has 124 valence electrons. The number of carbonyl (C=O) groups is 1. The summed E-state index contributed by atoms with van der Waals surface area (Å²) in [5.41, 5.74) is -0.553. The van der Waals surface area contributed by atoms with Crippen LogP contribution in [0.15, 0.2) is 0 Å². The summed E-state index contributed by atoms with van der Waals surface area (Å²) in [5.74, 6) is -1.87. The van der Waals surface area contributed by atoms with Gasteiger partial charge in [0.2, 0.25) is 10.0 Å². The van der Waals surface area contributed by atoms with E-state index in [-0.39, 0.29) is 13.0 Å². The van der Waals surface area contributed by atoms with E-state index in [2.05, 4.69) is 4.72 Å². The molecule has 0 heterocycles. The van der Waals surface area contributed by atoms with Crippen molar-refractivity contribution >= 4 is 25.8 Å². The first-order valence-corrected chi connectivity index (χ1v) is 10.6. The lowest BCUT2D eigenvalue weighted by Gasteiger charge is -2.36. The van der Waals surface area contributed by atoms with Gasteiger partial charge < -0.3 is 5.11 Å². The van der Waals surface area contributed by atoms with Crippen LogP contribution in [0, 0.1) is 5.41 Å². The zero-order valence-corrected chi connectivity index (χ0v) is 13.8. The molecular formula is C12H23NO6S2. The van der Waals surface area contributed by atoms with Gasteiger partial charge in [0.1, 0.15) is 9.84 Å². The Morgan fingerprint density at radius 3 is 2.14 bits per heavy atom. The molecule has 0 aromatic carbocycles. The minimum atomic E-state index is -3.71. The average Bonchev–Trinajstić information content (AvgIpc) is 2.34. The smallest absolute Gasteiger partial charge is 0.303 e. The van der Waals surface area contributed by atoms with Gasteiger partial charge in [0.05, 0.1) is 17.9 Å². The maximum Gasteiger partial charge on any atom is 0.303 e. The molecule has 2 N–H and O–H groups in total. The summed E-state index contributed by atoms with van der Waals surface area (Å²) in [7, 11) is -7.06. The standard InChI is InChI=1S/C12H23NO6S2/c1-20(16,17)7-8-21(18,19)13-10-12(9-11(14)15)5-3-2-4-6-12/h13H,2-10H2,1H3,(H,14,15). The summed E-state index contributed by atoms with van der Waals surface area (Å²) in [6.45, 7) is 0.0609. The maximum atomic E-state index is 11.8. The Labute approximate surface area is 126 Å². The van der Waals surface area contributed by atoms with Gasteiger partial charge in [0, 0.05) is 12.8 Å². The van der Waals surface area contributed by atoms with Crippen molar-refractivity contribution in [2.45, 2.75) is 38.5 Å². The number of carboxylic acids is 1. The Morgan fingerprint density at radius 1 is 1.10 bits per heavy atom. The topological polar surface area (TPSA) is 118 Å². The second-order valence-electron chi connectivity index (χ2n) is 5.90. The van der Waals surface area contributed by atoms with E-state index in [0.717, 1.165) is 25.5 Å². The van der Waals surface area contributed by atoms with E-state index in [1.54, 1.807) is 0 Å². The fourth-order valence-electron chi connectivity index (χ4n) is 2.63. The fraction of sp³-hybridized carbons (Fsp3) is 0.917. The molecular weight excluding hydrogens is 318 g/mol. The van der Waals surface area contributed by atoms with Crippen molar-refractivity contribution in [3.63, 3.8) is 0 Å². The minimum absolute atomic E-state index is 0.0609. The molecule has 1 saturated carbocycles. The number of carboxylic acid groups (broad SMARTS) is 1. The molecule has 7 nitrogen and oxygen atoms in total. The molecule has 0 aromatic heterocycles. The van der Waals surface area contributed by atoms with E-state index in [1.807, 2.05) is 0 Å². The van der Waals surface area contributed by atoms with Crippen LogP contribution in [0.2, 0.25) is 0 Å². The molecule has 0 aliphatic heterocycles. The van der Waals surface area contributed by atoms with Crippen molar-refractivity contribution in [3.8, 4) is 0 Å². The summed E-state index contributed by atoms with van der Waals surface area (Å²) in [4.78, 5) is 11.0. The van der Waals surface area contributed by atoms with Crippen molar-refractivity contribution in [2.75, 3.05) is 24.3 Å². The van der Waals surface area contributed by atoms with Gasteiger partial charge in [-0.3, -0.25) is 4.79 Å². The fourth-order valence-corrected chi connectivity index (χ4v) is 5.39. The third kappa shape index (κ3) is 7.23. The number of aliphatic carboxylic acids is 1. The van der Waals surface area contributed by atoms with Crippen molar-refractivity contribution in [3.05, 3.63) is 0 Å². The summed E-state index contributed by atoms with van der Waals surface area (Å²) in [6.07, 6.45) is 5.07. The van der Waals surface area contributed by atoms with E-state index < -0.39 is 42.8 Å². The number of hydrogen-bond donors (Lipinski definition) is 2. The maximum absolute atomic E-state index is 11.8. The molecule has 0 saturated heterocycles. The Balaban J connectivity index is 2.65. The van der Waals surface area contributed by atoms with Crippen LogP contribution in [0.4, 0.5) is 0 Å². The molecule has 0 atom stereocenters. The molecule has 0 radical (unpaired) electrons. The van der Waals surface area contributed by atoms with E-state index in [0.29, 0.717) is 12.8 Å². The summed E-state index contributed by atoms with van der Waals surface area (Å²) in [5, 5.41) is 9.01. The lowest BCUT2D eigenvalue weighted by atomic mass is 9.72. The van der Waals surface area contributed by atoms with E-state index in [9.17, 15) is 21.6 Å². The molecule has 0 aromatic rings. The van der Waals surface area contributed by atoms with E-state index >= 15 is 0 Å². The number of sulfonamides is 1. The highest BCUT2D eigenvalue weighted by atomic mass is 32.2. The van der Waals surface area contributed by atoms with Gasteiger partial charge in [-0.25, -0.2) is 21.6 Å². The normalized spacial score (nSPS) is 19.3. The Kier molecular flexibility index (Phi) is 6.18. The van der Waals surface area contributed by atoms with Crippen LogP contribution in [0.1, 0.15) is 38.5 Å². The van der Waals surface area contributed by atoms with Crippen molar-refractivity contribution in [2.24, 2.45) is 5.41 Å². The first-order valence-electron chi connectivity index (χ1n) is 6.91. The molecule has 0 amide bonds. The second kappa shape index (κ2) is 7.06. The van der Waals surface area contributed by atoms with Crippen molar-refractivity contribution in [1.29, 1.82) is 0 Å². The first kappa shape index (κ1) is 18.4. The molecule has 1 aliphatic carbocycles. The van der Waals surface area contributed by atoms with E-state index in [4.69, 9.17) is 5.11 Å². The Bertz CT molecular complexity index is 561. The highest BCUT2D eigenvalue weighted by molar-refractivity contribution is 7.93. The number of hydrogen-bond acceptors (Lipinski definition) is 5. The van der Waals surface area contributed by atoms with Crippen LogP contribution in [-0.2, 0) is 24.7 Å². The Hall–Kier alpha value is -0.670. The SMILES string of the molecule is CS(=O)(=O)CCS(=O)(=O)NCC1(CC(=O)O)CCCCC1. The number of nitrogens with one attached hydrogen (secondary N) is 1. The van der Waals surface area contributed by atoms with Gasteiger partial charge in [-0.15, -0.1) is 0 Å². The molecule has 0 spiro atoms. The first-order chi connectivity index (χ1) is 9.54. The lowest BCUT2D eigenvalue weighted by molar-refractivity contribution is -0.140. The molecule has 1 fully saturated rings. The van der Waals surface area contributed by atoms with Gasteiger partial charge in [-0.2, -0.15) is 0 Å². The third-order valence-electron chi connectivity index (χ3n) is 3.83. The summed E-state index contributed by atoms with van der Waals surface area (Å²) < 4.78 is 48.1. The largest absolute Gasteiger partial charge is 0.481 e. The predicted molar refractivity (Wildman–Crippen MR) is 79.3 cm³/mol. The highest BCUT2D eigenvalue weighted by Gasteiger charge is 2.35. The second-order valence-corrected chi connectivity index (χ2v) is 10.1. The quantitative estimate of drug-likeness (QED) is 0.659. The molecule has 1 aliphatic rings. The van der Waals surface area contributed by atoms with Crippen LogP contribution in [0.25, 0.3) is 0 Å². The van der Waals surface area contributed by atoms with Gasteiger partial charge in [0.15, 0.2) is 0 Å². The minimum Gasteiger partial charge on any atom is -0.481 e.